The first-order valence-electron chi connectivity index (χ1n) is 6.28. The zero-order valence-corrected chi connectivity index (χ0v) is 14.2. The molecule has 0 aliphatic heterocycles. The number of halogens is 2. The molecule has 0 aliphatic rings. The number of aromatic nitrogens is 2. The Labute approximate surface area is 142 Å². The molecule has 0 aliphatic carbocycles. The highest BCUT2D eigenvalue weighted by molar-refractivity contribution is 7.99. The van der Waals surface area contributed by atoms with Gasteiger partial charge in [-0.15, -0.1) is 0 Å². The summed E-state index contributed by atoms with van der Waals surface area (Å²) in [6.07, 6.45) is 0. The fourth-order valence-corrected chi connectivity index (χ4v) is 2.73. The van der Waals surface area contributed by atoms with Gasteiger partial charge in [0.1, 0.15) is 11.0 Å². The molecule has 0 amide bonds. The Balaban J connectivity index is 2.26. The molecule has 8 heteroatoms. The van der Waals surface area contributed by atoms with Gasteiger partial charge >= 0.3 is 5.97 Å². The number of carboxylic acids is 1. The zero-order chi connectivity index (χ0) is 16.3. The van der Waals surface area contributed by atoms with Gasteiger partial charge in [-0.25, -0.2) is 9.97 Å². The van der Waals surface area contributed by atoms with Crippen LogP contribution in [0.2, 0.25) is 10.2 Å². The summed E-state index contributed by atoms with van der Waals surface area (Å²) < 4.78 is 0. The number of nitrogens with one attached hydrogen (secondary N) is 1. The number of nitrogens with zero attached hydrogens (tertiary/aromatic N) is 2. The summed E-state index contributed by atoms with van der Waals surface area (Å²) in [5, 5.41) is 13.1. The van der Waals surface area contributed by atoms with E-state index in [9.17, 15) is 4.79 Å². The average molecular weight is 358 g/mol. The lowest BCUT2D eigenvalue weighted by Crippen LogP contribution is -2.02. The fraction of sp³-hybridized carbons (Fsp3) is 0.214. The number of anilines is 2. The normalized spacial score (nSPS) is 10.5. The highest BCUT2D eigenvalue weighted by Gasteiger charge is 2.09. The van der Waals surface area contributed by atoms with Gasteiger partial charge in [-0.3, -0.25) is 4.79 Å². The molecular weight excluding hydrogens is 345 g/mol. The van der Waals surface area contributed by atoms with Crippen molar-refractivity contribution in [1.82, 2.24) is 9.97 Å². The van der Waals surface area contributed by atoms with Gasteiger partial charge in [0.15, 0.2) is 5.16 Å². The van der Waals surface area contributed by atoms with Crippen LogP contribution < -0.4 is 5.32 Å². The van der Waals surface area contributed by atoms with Crippen molar-refractivity contribution in [3.8, 4) is 0 Å². The van der Waals surface area contributed by atoms with Crippen molar-refractivity contribution in [2.45, 2.75) is 19.0 Å². The van der Waals surface area contributed by atoms with Crippen molar-refractivity contribution in [2.75, 3.05) is 11.1 Å². The molecule has 0 bridgehead atoms. The first-order valence-corrected chi connectivity index (χ1v) is 8.03. The van der Waals surface area contributed by atoms with Crippen molar-refractivity contribution in [3.05, 3.63) is 39.5 Å². The smallest absolute Gasteiger partial charge is 0.313 e. The Bertz CT molecular complexity index is 725. The van der Waals surface area contributed by atoms with Crippen molar-refractivity contribution in [1.29, 1.82) is 0 Å². The molecule has 5 nitrogen and oxygen atoms in total. The number of carboxylic acid groups (broad SMARTS) is 1. The number of hydrogen-bond donors (Lipinski definition) is 2. The topological polar surface area (TPSA) is 75.1 Å². The lowest BCUT2D eigenvalue weighted by atomic mass is 10.1. The molecule has 0 atom stereocenters. The number of hydrogen-bond acceptors (Lipinski definition) is 5. The van der Waals surface area contributed by atoms with E-state index >= 15 is 0 Å². The first kappa shape index (κ1) is 16.9. The second kappa shape index (κ2) is 7.17. The average Bonchev–Trinajstić information content (AvgIpc) is 2.45. The third kappa shape index (κ3) is 4.25. The summed E-state index contributed by atoms with van der Waals surface area (Å²) in [6, 6.07) is 5.23. The standard InChI is InChI=1S/C14H13Cl2N3O2S/c1-7-8(2)10(4-3-9(7)15)17-12-5-11(16)18-14(19-12)22-6-13(20)21/h3-5H,6H2,1-2H3,(H,20,21)(H,17,18,19). The maximum absolute atomic E-state index is 10.6. The molecule has 0 saturated heterocycles. The molecule has 0 saturated carbocycles. The van der Waals surface area contributed by atoms with Crippen LogP contribution in [0.25, 0.3) is 0 Å². The van der Waals surface area contributed by atoms with Gasteiger partial charge in [0, 0.05) is 16.8 Å². The second-order valence-electron chi connectivity index (χ2n) is 4.51. The molecule has 0 fully saturated rings. The van der Waals surface area contributed by atoms with Crippen molar-refractivity contribution >= 4 is 52.4 Å². The van der Waals surface area contributed by atoms with E-state index < -0.39 is 5.97 Å². The number of rotatable bonds is 5. The van der Waals surface area contributed by atoms with E-state index in [0.717, 1.165) is 28.6 Å². The molecule has 0 spiro atoms. The lowest BCUT2D eigenvalue weighted by molar-refractivity contribution is -0.133. The fourth-order valence-electron chi connectivity index (χ4n) is 1.71. The van der Waals surface area contributed by atoms with Gasteiger partial charge in [0.25, 0.3) is 0 Å². The largest absolute Gasteiger partial charge is 0.481 e. The molecule has 1 aromatic heterocycles. The minimum atomic E-state index is -0.938. The van der Waals surface area contributed by atoms with Gasteiger partial charge < -0.3 is 10.4 Å². The van der Waals surface area contributed by atoms with Crippen LogP contribution in [0.1, 0.15) is 11.1 Å². The second-order valence-corrected chi connectivity index (χ2v) is 6.25. The van der Waals surface area contributed by atoms with Crippen LogP contribution in [-0.2, 0) is 4.79 Å². The number of carbonyl (C=O) groups is 1. The molecule has 0 unspecified atom stereocenters. The highest BCUT2D eigenvalue weighted by Crippen LogP contribution is 2.28. The maximum Gasteiger partial charge on any atom is 0.313 e. The van der Waals surface area contributed by atoms with Crippen molar-refractivity contribution in [2.24, 2.45) is 0 Å². The molecule has 1 aromatic carbocycles. The van der Waals surface area contributed by atoms with Gasteiger partial charge in [-0.05, 0) is 37.1 Å². The highest BCUT2D eigenvalue weighted by atomic mass is 35.5. The molecular formula is C14H13Cl2N3O2S. The maximum atomic E-state index is 10.6. The molecule has 2 aromatic rings. The summed E-state index contributed by atoms with van der Waals surface area (Å²) in [5.74, 6) is -0.566. The Morgan fingerprint density at radius 2 is 2.00 bits per heavy atom. The van der Waals surface area contributed by atoms with E-state index in [4.69, 9.17) is 28.3 Å². The van der Waals surface area contributed by atoms with E-state index in [1.165, 1.54) is 0 Å². The van der Waals surface area contributed by atoms with Gasteiger partial charge in [-0.2, -0.15) is 0 Å². The summed E-state index contributed by atoms with van der Waals surface area (Å²) in [6.45, 7) is 3.89. The van der Waals surface area contributed by atoms with Crippen LogP contribution >= 0.6 is 35.0 Å². The Morgan fingerprint density at radius 1 is 1.27 bits per heavy atom. The van der Waals surface area contributed by atoms with Gasteiger partial charge in [-0.1, -0.05) is 35.0 Å². The number of thioether (sulfide) groups is 1. The Morgan fingerprint density at radius 3 is 2.68 bits per heavy atom. The summed E-state index contributed by atoms with van der Waals surface area (Å²) in [7, 11) is 0. The predicted octanol–water partition coefficient (Wildman–Crippen LogP) is 4.32. The minimum absolute atomic E-state index is 0.126. The monoisotopic (exact) mass is 357 g/mol. The quantitative estimate of drug-likeness (QED) is 0.471. The Kier molecular flexibility index (Phi) is 5.50. The van der Waals surface area contributed by atoms with Crippen LogP contribution in [0, 0.1) is 13.8 Å². The molecule has 1 heterocycles. The number of benzene rings is 1. The molecule has 116 valence electrons. The predicted molar refractivity (Wildman–Crippen MR) is 89.6 cm³/mol. The SMILES string of the molecule is Cc1c(Cl)ccc(Nc2cc(Cl)nc(SCC(=O)O)n2)c1C. The molecule has 0 radical (unpaired) electrons. The van der Waals surface area contributed by atoms with E-state index in [1.807, 2.05) is 19.9 Å². The van der Waals surface area contributed by atoms with Crippen LogP contribution in [-0.4, -0.2) is 26.8 Å². The van der Waals surface area contributed by atoms with Crippen LogP contribution in [0.5, 0.6) is 0 Å². The summed E-state index contributed by atoms with van der Waals surface area (Å²) >= 11 is 13.0. The summed E-state index contributed by atoms with van der Waals surface area (Å²) in [5.41, 5.74) is 2.83. The van der Waals surface area contributed by atoms with Crippen molar-refractivity contribution in [3.63, 3.8) is 0 Å². The van der Waals surface area contributed by atoms with E-state index in [2.05, 4.69) is 15.3 Å². The van der Waals surface area contributed by atoms with Crippen LogP contribution in [0.15, 0.2) is 23.4 Å². The van der Waals surface area contributed by atoms with E-state index in [-0.39, 0.29) is 10.9 Å². The lowest BCUT2D eigenvalue weighted by Gasteiger charge is -2.12. The van der Waals surface area contributed by atoms with E-state index in [1.54, 1.807) is 12.1 Å². The molecule has 22 heavy (non-hydrogen) atoms. The first-order chi connectivity index (χ1) is 10.4. The molecule has 2 rings (SSSR count). The van der Waals surface area contributed by atoms with Gasteiger partial charge in [0.05, 0.1) is 5.75 Å². The van der Waals surface area contributed by atoms with Crippen LogP contribution in [0.3, 0.4) is 0 Å². The van der Waals surface area contributed by atoms with Crippen LogP contribution in [0.4, 0.5) is 11.5 Å². The van der Waals surface area contributed by atoms with E-state index in [0.29, 0.717) is 16.0 Å². The summed E-state index contributed by atoms with van der Waals surface area (Å²) in [4.78, 5) is 18.9. The zero-order valence-electron chi connectivity index (χ0n) is 11.9. The number of aliphatic carboxylic acids is 1. The minimum Gasteiger partial charge on any atom is -0.481 e. The van der Waals surface area contributed by atoms with Gasteiger partial charge in [0.2, 0.25) is 0 Å². The third-order valence-corrected chi connectivity index (χ3v) is 4.42. The Hall–Kier alpha value is -1.50. The third-order valence-electron chi connectivity index (χ3n) is 2.98. The molecule has 2 N–H and O–H groups in total. The van der Waals surface area contributed by atoms with Crippen molar-refractivity contribution < 1.29 is 9.90 Å².